The van der Waals surface area contributed by atoms with Crippen LogP contribution >= 0.6 is 0 Å². The highest BCUT2D eigenvalue weighted by molar-refractivity contribution is 5.92. The number of anilines is 2. The van der Waals surface area contributed by atoms with Gasteiger partial charge in [-0.25, -0.2) is 19.6 Å². The summed E-state index contributed by atoms with van der Waals surface area (Å²) in [4.78, 5) is 18.5. The van der Waals surface area contributed by atoms with E-state index in [1.165, 1.54) is 5.56 Å². The van der Waals surface area contributed by atoms with Crippen LogP contribution in [0, 0.1) is 0 Å². The Kier molecular flexibility index (Phi) is 6.39. The molecule has 1 aliphatic rings. The van der Waals surface area contributed by atoms with Crippen LogP contribution in [0.5, 0.6) is 0 Å². The van der Waals surface area contributed by atoms with Crippen LogP contribution in [0.2, 0.25) is 0 Å². The summed E-state index contributed by atoms with van der Waals surface area (Å²) in [7, 11) is 2.17. The third-order valence-corrected chi connectivity index (χ3v) is 7.49. The van der Waals surface area contributed by atoms with Gasteiger partial charge in [0, 0.05) is 50.3 Å². The molecule has 0 spiro atoms. The molecule has 0 amide bonds. The summed E-state index contributed by atoms with van der Waals surface area (Å²) < 4.78 is 3.99. The van der Waals surface area contributed by atoms with Crippen molar-refractivity contribution in [2.75, 3.05) is 38.5 Å². The van der Waals surface area contributed by atoms with E-state index < -0.39 is 0 Å². The first kappa shape index (κ1) is 24.4. The topological polar surface area (TPSA) is 92.8 Å². The number of aromatic nitrogens is 7. The lowest BCUT2D eigenvalue weighted by Crippen LogP contribution is -2.43. The molecule has 1 N–H and O–H groups in total. The van der Waals surface area contributed by atoms with E-state index in [1.54, 1.807) is 6.33 Å². The molecule has 7 rings (SSSR count). The van der Waals surface area contributed by atoms with E-state index in [4.69, 9.17) is 0 Å². The second-order valence-corrected chi connectivity index (χ2v) is 10.3. The Hall–Kier alpha value is -4.67. The molecule has 4 heterocycles. The van der Waals surface area contributed by atoms with Gasteiger partial charge in [-0.15, -0.1) is 5.10 Å². The van der Waals surface area contributed by atoms with Crippen LogP contribution in [0.3, 0.4) is 0 Å². The third-order valence-electron chi connectivity index (χ3n) is 7.49. The summed E-state index contributed by atoms with van der Waals surface area (Å²) >= 11 is 0. The van der Waals surface area contributed by atoms with E-state index in [2.05, 4.69) is 101 Å². The predicted octanol–water partition coefficient (Wildman–Crippen LogP) is 4.10. The molecule has 0 aliphatic carbocycles. The number of hydrogen-bond donors (Lipinski definition) is 1. The summed E-state index contributed by atoms with van der Waals surface area (Å²) in [5.74, 6) is 0.729. The zero-order valence-corrected chi connectivity index (χ0v) is 22.4. The molecule has 3 aromatic heterocycles. The Labute approximate surface area is 231 Å². The minimum absolute atomic E-state index is 0.729. The van der Waals surface area contributed by atoms with Crippen LogP contribution in [0.4, 0.5) is 11.5 Å². The van der Waals surface area contributed by atoms with Gasteiger partial charge in [0.25, 0.3) is 0 Å². The first-order chi connectivity index (χ1) is 19.7. The number of fused-ring (bicyclic) bond motifs is 2. The standard InChI is InChI=1S/C30H30N10/c1-37-11-13-38(14-12-37)18-24-19-40(36-35-24)25-8-9-27-26(16-25)30(32-20-31-27)34-23-7-10-29-28(15-23)33-21-39(29)17-22-5-3-2-4-6-22/h2-10,15-16,19-21H,11-14,17-18H2,1H3,(H,31,32,34). The Bertz CT molecular complexity index is 1770. The maximum atomic E-state index is 4.65. The highest BCUT2D eigenvalue weighted by Crippen LogP contribution is 2.27. The molecule has 200 valence electrons. The van der Waals surface area contributed by atoms with E-state index >= 15 is 0 Å². The van der Waals surface area contributed by atoms with E-state index in [1.807, 2.05) is 35.4 Å². The van der Waals surface area contributed by atoms with Crippen LogP contribution in [-0.4, -0.2) is 77.5 Å². The van der Waals surface area contributed by atoms with Gasteiger partial charge >= 0.3 is 0 Å². The average molecular weight is 531 g/mol. The molecule has 1 saturated heterocycles. The van der Waals surface area contributed by atoms with Gasteiger partial charge in [-0.2, -0.15) is 0 Å². The van der Waals surface area contributed by atoms with Crippen LogP contribution in [0.25, 0.3) is 27.6 Å². The summed E-state index contributed by atoms with van der Waals surface area (Å²) in [6, 6.07) is 22.7. The maximum Gasteiger partial charge on any atom is 0.141 e. The minimum Gasteiger partial charge on any atom is -0.340 e. The summed E-state index contributed by atoms with van der Waals surface area (Å²) in [5, 5.41) is 13.2. The number of nitrogens with one attached hydrogen (secondary N) is 1. The van der Waals surface area contributed by atoms with Crippen molar-refractivity contribution in [3.8, 4) is 5.69 Å². The fourth-order valence-electron chi connectivity index (χ4n) is 5.20. The molecule has 10 nitrogen and oxygen atoms in total. The van der Waals surface area contributed by atoms with Crippen molar-refractivity contribution in [3.05, 3.63) is 96.8 Å². The van der Waals surface area contributed by atoms with Crippen LogP contribution in [0.1, 0.15) is 11.3 Å². The van der Waals surface area contributed by atoms with E-state index in [-0.39, 0.29) is 0 Å². The predicted molar refractivity (Wildman–Crippen MR) is 156 cm³/mol. The Morgan fingerprint density at radius 1 is 0.825 bits per heavy atom. The van der Waals surface area contributed by atoms with E-state index in [0.29, 0.717) is 0 Å². The van der Waals surface area contributed by atoms with Crippen molar-refractivity contribution < 1.29 is 0 Å². The van der Waals surface area contributed by atoms with Crippen LogP contribution in [-0.2, 0) is 13.1 Å². The first-order valence-electron chi connectivity index (χ1n) is 13.5. The second-order valence-electron chi connectivity index (χ2n) is 10.3. The molecule has 0 bridgehead atoms. The average Bonchev–Trinajstić information content (AvgIpc) is 3.62. The van der Waals surface area contributed by atoms with Crippen molar-refractivity contribution in [1.82, 2.24) is 44.3 Å². The monoisotopic (exact) mass is 530 g/mol. The lowest BCUT2D eigenvalue weighted by Gasteiger charge is -2.31. The molecule has 10 heteroatoms. The Morgan fingerprint density at radius 2 is 1.70 bits per heavy atom. The van der Waals surface area contributed by atoms with Crippen molar-refractivity contribution in [3.63, 3.8) is 0 Å². The summed E-state index contributed by atoms with van der Waals surface area (Å²) in [5.41, 5.74) is 6.90. The van der Waals surface area contributed by atoms with Gasteiger partial charge in [0.1, 0.15) is 12.1 Å². The molecule has 40 heavy (non-hydrogen) atoms. The van der Waals surface area contributed by atoms with Crippen LogP contribution < -0.4 is 5.32 Å². The molecule has 6 aromatic rings. The fraction of sp³-hybridized carbons (Fsp3) is 0.233. The van der Waals surface area contributed by atoms with Gasteiger partial charge in [-0.05, 0) is 49.0 Å². The number of nitrogens with zero attached hydrogens (tertiary/aromatic N) is 9. The quantitative estimate of drug-likeness (QED) is 0.330. The van der Waals surface area contributed by atoms with Gasteiger partial charge in [0.05, 0.1) is 40.5 Å². The fourth-order valence-corrected chi connectivity index (χ4v) is 5.20. The lowest BCUT2D eigenvalue weighted by atomic mass is 10.2. The van der Waals surface area contributed by atoms with Gasteiger partial charge in [0.2, 0.25) is 0 Å². The number of hydrogen-bond acceptors (Lipinski definition) is 8. The second kappa shape index (κ2) is 10.5. The van der Waals surface area contributed by atoms with Gasteiger partial charge in [-0.3, -0.25) is 4.90 Å². The number of imidazole rings is 1. The first-order valence-corrected chi connectivity index (χ1v) is 13.5. The molecule has 1 fully saturated rings. The van der Waals surface area contributed by atoms with Crippen molar-refractivity contribution in [1.29, 1.82) is 0 Å². The molecule has 0 radical (unpaired) electrons. The molecule has 3 aromatic carbocycles. The summed E-state index contributed by atoms with van der Waals surface area (Å²) in [6.45, 7) is 5.84. The lowest BCUT2D eigenvalue weighted by molar-refractivity contribution is 0.147. The smallest absolute Gasteiger partial charge is 0.141 e. The Balaban J connectivity index is 1.12. The van der Waals surface area contributed by atoms with E-state index in [9.17, 15) is 0 Å². The highest BCUT2D eigenvalue weighted by atomic mass is 15.4. The van der Waals surface area contributed by atoms with Crippen molar-refractivity contribution >= 4 is 33.4 Å². The van der Waals surface area contributed by atoms with Gasteiger partial charge < -0.3 is 14.8 Å². The zero-order valence-electron chi connectivity index (χ0n) is 22.4. The number of benzene rings is 3. The highest BCUT2D eigenvalue weighted by Gasteiger charge is 2.16. The zero-order chi connectivity index (χ0) is 26.9. The number of likely N-dealkylation sites (N-methyl/N-ethyl adjacent to an activating group) is 1. The normalized spacial score (nSPS) is 14.7. The van der Waals surface area contributed by atoms with Crippen LogP contribution in [0.15, 0.2) is 85.6 Å². The molecular weight excluding hydrogens is 500 g/mol. The van der Waals surface area contributed by atoms with E-state index in [0.717, 1.165) is 84.1 Å². The molecular formula is C30H30N10. The summed E-state index contributed by atoms with van der Waals surface area (Å²) in [6.07, 6.45) is 5.49. The number of piperazine rings is 1. The minimum atomic E-state index is 0.729. The number of rotatable bonds is 7. The van der Waals surface area contributed by atoms with Gasteiger partial charge in [0.15, 0.2) is 0 Å². The SMILES string of the molecule is CN1CCN(Cc2cn(-c3ccc4ncnc(Nc5ccc6c(c5)ncn6Cc5ccccc5)c4c3)nn2)CC1. The third kappa shape index (κ3) is 5.02. The van der Waals surface area contributed by atoms with Gasteiger partial charge in [-0.1, -0.05) is 35.5 Å². The molecule has 0 saturated carbocycles. The molecule has 0 atom stereocenters. The van der Waals surface area contributed by atoms with Crippen molar-refractivity contribution in [2.45, 2.75) is 13.1 Å². The maximum absolute atomic E-state index is 4.65. The Morgan fingerprint density at radius 3 is 2.58 bits per heavy atom. The largest absolute Gasteiger partial charge is 0.340 e. The molecule has 0 unspecified atom stereocenters. The molecule has 1 aliphatic heterocycles. The van der Waals surface area contributed by atoms with Crippen molar-refractivity contribution in [2.24, 2.45) is 0 Å².